The Bertz CT molecular complexity index is 1190. The van der Waals surface area contributed by atoms with Crippen LogP contribution >= 0.6 is 0 Å². The van der Waals surface area contributed by atoms with Gasteiger partial charge in [0, 0.05) is 37.1 Å². The number of halogens is 3. The van der Waals surface area contributed by atoms with E-state index in [1.165, 1.54) is 12.1 Å². The van der Waals surface area contributed by atoms with E-state index in [2.05, 4.69) is 36.1 Å². The van der Waals surface area contributed by atoms with Crippen LogP contribution in [0.15, 0.2) is 30.5 Å². The predicted octanol–water partition coefficient (Wildman–Crippen LogP) is 4.23. The molecule has 0 amide bonds. The zero-order chi connectivity index (χ0) is 23.5. The van der Waals surface area contributed by atoms with Crippen molar-refractivity contribution in [3.8, 4) is 6.07 Å². The number of nitriles is 1. The Hall–Kier alpha value is -3.45. The van der Waals surface area contributed by atoms with Crippen molar-refractivity contribution < 1.29 is 13.2 Å². The number of pyridine rings is 1. The number of hydrogen-bond acceptors (Lipinski definition) is 7. The van der Waals surface area contributed by atoms with Crippen LogP contribution in [0.3, 0.4) is 0 Å². The Morgan fingerprint density at radius 1 is 1.15 bits per heavy atom. The molecule has 1 aliphatic heterocycles. The molecule has 4 rings (SSSR count). The molecule has 172 valence electrons. The van der Waals surface area contributed by atoms with Crippen LogP contribution in [-0.2, 0) is 0 Å². The molecule has 0 bridgehead atoms. The standard InChI is InChI=1S/C23H24F3N7/c1-14(16-4-3-5-17(21(16)24)22(25)26)29-23-18-12-20(28-13-19(18)30-15(2)31-23)33-10-8-32(7-6-27)9-11-33/h3-5,12-14,22H,7-11H2,1-2H3,(H,29,30,31). The number of aryl methyl sites for hydroxylation is 1. The minimum Gasteiger partial charge on any atom is -0.363 e. The molecule has 0 aliphatic carbocycles. The number of hydrogen-bond donors (Lipinski definition) is 1. The molecule has 0 spiro atoms. The second-order valence-corrected chi connectivity index (χ2v) is 8.02. The minimum atomic E-state index is -2.89. The van der Waals surface area contributed by atoms with Crippen molar-refractivity contribution in [3.63, 3.8) is 0 Å². The lowest BCUT2D eigenvalue weighted by molar-refractivity contribution is 0.146. The van der Waals surface area contributed by atoms with Crippen molar-refractivity contribution in [2.24, 2.45) is 0 Å². The highest BCUT2D eigenvalue weighted by atomic mass is 19.3. The molecule has 0 saturated carbocycles. The molecular weight excluding hydrogens is 431 g/mol. The number of rotatable bonds is 6. The zero-order valence-corrected chi connectivity index (χ0v) is 18.4. The lowest BCUT2D eigenvalue weighted by atomic mass is 10.0. The van der Waals surface area contributed by atoms with Crippen molar-refractivity contribution in [2.45, 2.75) is 26.3 Å². The van der Waals surface area contributed by atoms with Gasteiger partial charge in [0.15, 0.2) is 0 Å². The summed E-state index contributed by atoms with van der Waals surface area (Å²) in [7, 11) is 0. The fraction of sp³-hybridized carbons (Fsp3) is 0.391. The number of aromatic nitrogens is 3. The van der Waals surface area contributed by atoms with Gasteiger partial charge in [0.05, 0.1) is 35.9 Å². The molecule has 2 aromatic heterocycles. The van der Waals surface area contributed by atoms with Crippen LogP contribution < -0.4 is 10.2 Å². The maximum atomic E-state index is 14.7. The first-order chi connectivity index (χ1) is 15.9. The Morgan fingerprint density at radius 2 is 1.88 bits per heavy atom. The minimum absolute atomic E-state index is 0.139. The third-order valence-corrected chi connectivity index (χ3v) is 5.78. The van der Waals surface area contributed by atoms with E-state index < -0.39 is 23.8 Å². The quantitative estimate of drug-likeness (QED) is 0.557. The van der Waals surface area contributed by atoms with Gasteiger partial charge in [-0.2, -0.15) is 5.26 Å². The van der Waals surface area contributed by atoms with Gasteiger partial charge in [-0.1, -0.05) is 18.2 Å². The molecule has 1 aliphatic rings. The van der Waals surface area contributed by atoms with E-state index in [1.54, 1.807) is 20.0 Å². The third-order valence-electron chi connectivity index (χ3n) is 5.78. The summed E-state index contributed by atoms with van der Waals surface area (Å²) in [6.45, 7) is 6.85. The number of nitrogens with one attached hydrogen (secondary N) is 1. The highest BCUT2D eigenvalue weighted by molar-refractivity contribution is 5.90. The van der Waals surface area contributed by atoms with Crippen molar-refractivity contribution >= 4 is 22.5 Å². The molecule has 10 heteroatoms. The van der Waals surface area contributed by atoms with E-state index in [-0.39, 0.29) is 5.56 Å². The number of anilines is 2. The van der Waals surface area contributed by atoms with Gasteiger partial charge < -0.3 is 10.2 Å². The van der Waals surface area contributed by atoms with E-state index in [9.17, 15) is 13.2 Å². The highest BCUT2D eigenvalue weighted by Crippen LogP contribution is 2.31. The second-order valence-electron chi connectivity index (χ2n) is 8.02. The number of benzene rings is 1. The molecule has 1 saturated heterocycles. The van der Waals surface area contributed by atoms with Crippen LogP contribution in [0.5, 0.6) is 0 Å². The Balaban J connectivity index is 1.63. The Kier molecular flexibility index (Phi) is 6.60. The van der Waals surface area contributed by atoms with Crippen LogP contribution in [0.4, 0.5) is 24.8 Å². The molecule has 3 heterocycles. The zero-order valence-electron chi connectivity index (χ0n) is 18.4. The van der Waals surface area contributed by atoms with Crippen LogP contribution in [0.2, 0.25) is 0 Å². The Labute approximate surface area is 189 Å². The summed E-state index contributed by atoms with van der Waals surface area (Å²) in [6.07, 6.45) is -1.21. The second kappa shape index (κ2) is 9.58. The first-order valence-electron chi connectivity index (χ1n) is 10.7. The van der Waals surface area contributed by atoms with Crippen molar-refractivity contribution in [1.29, 1.82) is 5.26 Å². The molecule has 1 atom stereocenters. The van der Waals surface area contributed by atoms with Crippen LogP contribution in [0.25, 0.3) is 10.9 Å². The fourth-order valence-corrected chi connectivity index (χ4v) is 4.01. The largest absolute Gasteiger partial charge is 0.363 e. The van der Waals surface area contributed by atoms with Crippen molar-refractivity contribution in [3.05, 3.63) is 53.2 Å². The molecule has 1 aromatic carbocycles. The summed E-state index contributed by atoms with van der Waals surface area (Å²) in [6, 6.07) is 7.46. The van der Waals surface area contributed by atoms with Gasteiger partial charge in [-0.15, -0.1) is 0 Å². The van der Waals surface area contributed by atoms with Gasteiger partial charge in [0.25, 0.3) is 6.43 Å². The first kappa shape index (κ1) is 22.7. The molecule has 3 aromatic rings. The summed E-state index contributed by atoms with van der Waals surface area (Å²) in [5.41, 5.74) is 0.151. The van der Waals surface area contributed by atoms with Gasteiger partial charge in [-0.3, -0.25) is 4.90 Å². The van der Waals surface area contributed by atoms with Crippen LogP contribution in [-0.4, -0.2) is 52.6 Å². The van der Waals surface area contributed by atoms with E-state index in [1.807, 2.05) is 6.07 Å². The molecule has 1 N–H and O–H groups in total. The van der Waals surface area contributed by atoms with Gasteiger partial charge in [0.2, 0.25) is 0 Å². The number of alkyl halides is 2. The summed E-state index contributed by atoms with van der Waals surface area (Å²) >= 11 is 0. The normalized spacial score (nSPS) is 15.6. The average molecular weight is 455 g/mol. The fourth-order valence-electron chi connectivity index (χ4n) is 4.01. The Morgan fingerprint density at radius 3 is 2.58 bits per heavy atom. The molecule has 33 heavy (non-hydrogen) atoms. The smallest absolute Gasteiger partial charge is 0.266 e. The summed E-state index contributed by atoms with van der Waals surface area (Å²) < 4.78 is 40.9. The maximum Gasteiger partial charge on any atom is 0.266 e. The lowest BCUT2D eigenvalue weighted by Crippen LogP contribution is -2.46. The topological polar surface area (TPSA) is 81.0 Å². The molecular formula is C23H24F3N7. The predicted molar refractivity (Wildman–Crippen MR) is 120 cm³/mol. The van der Waals surface area contributed by atoms with Gasteiger partial charge >= 0.3 is 0 Å². The molecule has 7 nitrogen and oxygen atoms in total. The van der Waals surface area contributed by atoms with E-state index >= 15 is 0 Å². The maximum absolute atomic E-state index is 14.7. The van der Waals surface area contributed by atoms with Crippen LogP contribution in [0, 0.1) is 24.1 Å². The van der Waals surface area contributed by atoms with E-state index in [0.29, 0.717) is 29.1 Å². The van der Waals surface area contributed by atoms with Crippen LogP contribution in [0.1, 0.15) is 36.3 Å². The number of nitrogens with zero attached hydrogens (tertiary/aromatic N) is 6. The SMILES string of the molecule is Cc1nc(NC(C)c2cccc(C(F)F)c2F)c2cc(N3CCN(CC#N)CC3)ncc2n1. The van der Waals surface area contributed by atoms with E-state index in [0.717, 1.165) is 38.1 Å². The van der Waals surface area contributed by atoms with E-state index in [4.69, 9.17) is 5.26 Å². The van der Waals surface area contributed by atoms with Gasteiger partial charge in [-0.05, 0) is 19.9 Å². The summed E-state index contributed by atoms with van der Waals surface area (Å²) in [5.74, 6) is 0.839. The van der Waals surface area contributed by atoms with Crippen molar-refractivity contribution in [2.75, 3.05) is 42.9 Å². The molecule has 0 radical (unpaired) electrons. The monoisotopic (exact) mass is 455 g/mol. The lowest BCUT2D eigenvalue weighted by Gasteiger charge is -2.34. The summed E-state index contributed by atoms with van der Waals surface area (Å²) in [4.78, 5) is 17.7. The van der Waals surface area contributed by atoms with Gasteiger partial charge in [-0.25, -0.2) is 28.1 Å². The highest BCUT2D eigenvalue weighted by Gasteiger charge is 2.22. The third kappa shape index (κ3) is 4.83. The number of piperazine rings is 1. The average Bonchev–Trinajstić information content (AvgIpc) is 2.79. The molecule has 1 fully saturated rings. The first-order valence-corrected chi connectivity index (χ1v) is 10.7. The molecule has 1 unspecified atom stereocenters. The summed E-state index contributed by atoms with van der Waals surface area (Å²) in [5, 5.41) is 12.8. The van der Waals surface area contributed by atoms with Gasteiger partial charge in [0.1, 0.15) is 23.3 Å². The van der Waals surface area contributed by atoms with Crippen molar-refractivity contribution in [1.82, 2.24) is 19.9 Å². The number of fused-ring (bicyclic) bond motifs is 1.